The lowest BCUT2D eigenvalue weighted by Crippen LogP contribution is -2.45. The van der Waals surface area contributed by atoms with Gasteiger partial charge in [0, 0.05) is 43.9 Å². The molecule has 0 spiro atoms. The number of hydrogen-bond donors (Lipinski definition) is 1. The van der Waals surface area contributed by atoms with Crippen LogP contribution in [0.5, 0.6) is 5.75 Å². The fourth-order valence-corrected chi connectivity index (χ4v) is 3.51. The lowest BCUT2D eigenvalue weighted by atomic mass is 10.0. The molecule has 1 saturated heterocycles. The summed E-state index contributed by atoms with van der Waals surface area (Å²) >= 11 is 0. The minimum absolute atomic E-state index is 0.0551. The number of nitrogens with one attached hydrogen (secondary N) is 1. The maximum absolute atomic E-state index is 13.0. The van der Waals surface area contributed by atoms with Gasteiger partial charge in [0.15, 0.2) is 0 Å². The number of ether oxygens (including phenoxy) is 1. The number of carbonyl (C=O) groups excluding carboxylic acids is 1. The molecule has 0 radical (unpaired) electrons. The van der Waals surface area contributed by atoms with Crippen LogP contribution >= 0.6 is 0 Å². The Hall–Kier alpha value is -2.63. The van der Waals surface area contributed by atoms with Gasteiger partial charge in [0.2, 0.25) is 0 Å². The van der Waals surface area contributed by atoms with Gasteiger partial charge in [0.05, 0.1) is 7.11 Å². The number of hydrogen-bond acceptors (Lipinski definition) is 4. The number of piperazine rings is 1. The number of carbonyl (C=O) groups is 1. The molecule has 2 aromatic carbocycles. The Labute approximate surface area is 174 Å². The molecule has 0 unspecified atom stereocenters. The third-order valence-electron chi connectivity index (χ3n) is 5.30. The van der Waals surface area contributed by atoms with Gasteiger partial charge in [-0.05, 0) is 37.7 Å². The molecule has 154 valence electrons. The molecule has 2 aromatic rings. The Morgan fingerprint density at radius 2 is 1.72 bits per heavy atom. The molecule has 1 heterocycles. The van der Waals surface area contributed by atoms with Crippen molar-refractivity contribution in [2.75, 3.05) is 53.4 Å². The molecule has 0 atom stereocenters. The second-order valence-electron chi connectivity index (χ2n) is 7.42. The lowest BCUT2D eigenvalue weighted by Gasteiger charge is -2.32. The van der Waals surface area contributed by atoms with Crippen molar-refractivity contribution in [2.24, 2.45) is 0 Å². The monoisotopic (exact) mass is 393 g/mol. The zero-order valence-corrected chi connectivity index (χ0v) is 17.4. The number of para-hydroxylation sites is 1. The van der Waals surface area contributed by atoms with Gasteiger partial charge in [0.1, 0.15) is 5.75 Å². The third-order valence-corrected chi connectivity index (χ3v) is 5.30. The van der Waals surface area contributed by atoms with Gasteiger partial charge < -0.3 is 19.9 Å². The first-order chi connectivity index (χ1) is 14.2. The number of amides is 1. The van der Waals surface area contributed by atoms with Crippen molar-refractivity contribution in [3.05, 3.63) is 65.7 Å². The maximum Gasteiger partial charge on any atom is 0.251 e. The van der Waals surface area contributed by atoms with E-state index in [-0.39, 0.29) is 5.91 Å². The molecule has 0 aromatic heterocycles. The summed E-state index contributed by atoms with van der Waals surface area (Å²) in [6.07, 6.45) is 2.86. The molecule has 0 saturated carbocycles. The molecule has 0 bridgehead atoms. The van der Waals surface area contributed by atoms with Crippen LogP contribution in [0.2, 0.25) is 0 Å². The summed E-state index contributed by atoms with van der Waals surface area (Å²) in [4.78, 5) is 17.8. The molecule has 1 aliphatic heterocycles. The van der Waals surface area contributed by atoms with Crippen LogP contribution in [0, 0.1) is 0 Å². The van der Waals surface area contributed by atoms with Gasteiger partial charge in [-0.1, -0.05) is 48.5 Å². The van der Waals surface area contributed by atoms with E-state index in [1.165, 1.54) is 0 Å². The highest BCUT2D eigenvalue weighted by Gasteiger charge is 2.15. The lowest BCUT2D eigenvalue weighted by molar-refractivity contribution is -0.115. The molecule has 1 amide bonds. The van der Waals surface area contributed by atoms with Crippen molar-refractivity contribution >= 4 is 17.6 Å². The van der Waals surface area contributed by atoms with Gasteiger partial charge in [-0.2, -0.15) is 0 Å². The smallest absolute Gasteiger partial charge is 0.251 e. The Morgan fingerprint density at radius 3 is 2.45 bits per heavy atom. The van der Waals surface area contributed by atoms with E-state index in [1.807, 2.05) is 60.7 Å². The largest absolute Gasteiger partial charge is 0.496 e. The van der Waals surface area contributed by atoms with Crippen LogP contribution < -0.4 is 10.1 Å². The van der Waals surface area contributed by atoms with Crippen molar-refractivity contribution in [2.45, 2.75) is 6.42 Å². The summed E-state index contributed by atoms with van der Waals surface area (Å²) in [6.45, 7) is 6.13. The molecule has 1 N–H and O–H groups in total. The number of rotatable bonds is 8. The van der Waals surface area contributed by atoms with Crippen molar-refractivity contribution in [3.8, 4) is 5.75 Å². The normalized spacial score (nSPS) is 15.9. The highest BCUT2D eigenvalue weighted by Crippen LogP contribution is 2.24. The summed E-state index contributed by atoms with van der Waals surface area (Å²) in [5.41, 5.74) is 2.44. The fourth-order valence-electron chi connectivity index (χ4n) is 3.51. The Balaban J connectivity index is 1.65. The van der Waals surface area contributed by atoms with Gasteiger partial charge in [-0.3, -0.25) is 4.79 Å². The first-order valence-corrected chi connectivity index (χ1v) is 10.3. The summed E-state index contributed by atoms with van der Waals surface area (Å²) in [6, 6.07) is 17.5. The van der Waals surface area contributed by atoms with Crippen LogP contribution in [-0.2, 0) is 4.79 Å². The molecular formula is C24H31N3O2. The molecule has 5 heteroatoms. The Bertz CT molecular complexity index is 812. The number of benzene rings is 2. The molecule has 3 rings (SSSR count). The van der Waals surface area contributed by atoms with Crippen molar-refractivity contribution in [3.63, 3.8) is 0 Å². The van der Waals surface area contributed by atoms with Crippen molar-refractivity contribution in [1.82, 2.24) is 15.1 Å². The van der Waals surface area contributed by atoms with E-state index in [0.717, 1.165) is 56.0 Å². The van der Waals surface area contributed by atoms with Gasteiger partial charge >= 0.3 is 0 Å². The van der Waals surface area contributed by atoms with E-state index in [4.69, 9.17) is 4.74 Å². The molecule has 0 aliphatic carbocycles. The second kappa shape index (κ2) is 10.8. The molecule has 29 heavy (non-hydrogen) atoms. The zero-order chi connectivity index (χ0) is 20.5. The maximum atomic E-state index is 13.0. The van der Waals surface area contributed by atoms with E-state index >= 15 is 0 Å². The molecular weight excluding hydrogens is 362 g/mol. The topological polar surface area (TPSA) is 44.8 Å². The number of nitrogens with zero attached hydrogens (tertiary/aromatic N) is 2. The van der Waals surface area contributed by atoms with Gasteiger partial charge in [-0.25, -0.2) is 0 Å². The van der Waals surface area contributed by atoms with Crippen molar-refractivity contribution in [1.29, 1.82) is 0 Å². The SMILES string of the molecule is COc1ccccc1/C=C(/C(=O)NCCCN1CCN(C)CC1)c1ccccc1. The minimum Gasteiger partial charge on any atom is -0.496 e. The Morgan fingerprint density at radius 1 is 1.03 bits per heavy atom. The molecule has 1 fully saturated rings. The third kappa shape index (κ3) is 6.17. The van der Waals surface area contributed by atoms with E-state index < -0.39 is 0 Å². The summed E-state index contributed by atoms with van der Waals surface area (Å²) in [5, 5.41) is 3.10. The average Bonchev–Trinajstić information content (AvgIpc) is 2.77. The first-order valence-electron chi connectivity index (χ1n) is 10.3. The highest BCUT2D eigenvalue weighted by atomic mass is 16.5. The molecule has 1 aliphatic rings. The predicted octanol–water partition coefficient (Wildman–Crippen LogP) is 2.99. The average molecular weight is 394 g/mol. The van der Waals surface area contributed by atoms with Gasteiger partial charge in [0.25, 0.3) is 5.91 Å². The Kier molecular flexibility index (Phi) is 7.85. The van der Waals surface area contributed by atoms with E-state index in [1.54, 1.807) is 7.11 Å². The van der Waals surface area contributed by atoms with Crippen LogP contribution in [0.3, 0.4) is 0 Å². The van der Waals surface area contributed by atoms with E-state index in [9.17, 15) is 4.79 Å². The van der Waals surface area contributed by atoms with Gasteiger partial charge in [-0.15, -0.1) is 0 Å². The predicted molar refractivity (Wildman–Crippen MR) is 119 cm³/mol. The standard InChI is InChI=1S/C24H31N3O2/c1-26-15-17-27(18-16-26)14-8-13-25-24(28)22(20-9-4-3-5-10-20)19-21-11-6-7-12-23(21)29-2/h3-7,9-12,19H,8,13-18H2,1-2H3,(H,25,28)/b22-19+. The summed E-state index contributed by atoms with van der Waals surface area (Å²) in [7, 11) is 3.81. The van der Waals surface area contributed by atoms with Crippen LogP contribution in [0.25, 0.3) is 11.6 Å². The summed E-state index contributed by atoms with van der Waals surface area (Å²) in [5.74, 6) is 0.698. The quantitative estimate of drug-likeness (QED) is 0.425. The van der Waals surface area contributed by atoms with Crippen LogP contribution in [0.1, 0.15) is 17.5 Å². The minimum atomic E-state index is -0.0551. The van der Waals surface area contributed by atoms with Crippen LogP contribution in [0.15, 0.2) is 54.6 Å². The second-order valence-corrected chi connectivity index (χ2v) is 7.42. The van der Waals surface area contributed by atoms with Crippen LogP contribution in [0.4, 0.5) is 0 Å². The summed E-state index contributed by atoms with van der Waals surface area (Å²) < 4.78 is 5.45. The zero-order valence-electron chi connectivity index (χ0n) is 17.4. The van der Waals surface area contributed by atoms with Crippen LogP contribution in [-0.4, -0.2) is 69.1 Å². The van der Waals surface area contributed by atoms with E-state index in [0.29, 0.717) is 12.1 Å². The molecule has 5 nitrogen and oxygen atoms in total. The fraction of sp³-hybridized carbons (Fsp3) is 0.375. The number of methoxy groups -OCH3 is 1. The number of likely N-dealkylation sites (N-methyl/N-ethyl adjacent to an activating group) is 1. The highest BCUT2D eigenvalue weighted by molar-refractivity contribution is 6.24. The van der Waals surface area contributed by atoms with E-state index in [2.05, 4.69) is 22.2 Å². The van der Waals surface area contributed by atoms with Crippen molar-refractivity contribution < 1.29 is 9.53 Å². The first kappa shape index (κ1) is 21.1.